The Morgan fingerprint density at radius 3 is 2.81 bits per heavy atom. The molecular weight excluding hydrogens is 332 g/mol. The molecule has 1 aromatic carbocycles. The Hall–Kier alpha value is -2.70. The molecule has 0 bridgehead atoms. The number of carbonyl (C=O) groups excluding carboxylic acids is 2. The van der Waals surface area contributed by atoms with Crippen LogP contribution in [0.5, 0.6) is 0 Å². The van der Waals surface area contributed by atoms with Crippen molar-refractivity contribution >= 4 is 11.9 Å². The minimum Gasteiger partial charge on any atom is -0.464 e. The van der Waals surface area contributed by atoms with E-state index in [2.05, 4.69) is 15.6 Å². The maximum atomic E-state index is 12.4. The van der Waals surface area contributed by atoms with E-state index >= 15 is 0 Å². The van der Waals surface area contributed by atoms with Crippen LogP contribution >= 0.6 is 0 Å². The second-order valence-electron chi connectivity index (χ2n) is 6.96. The van der Waals surface area contributed by atoms with E-state index in [9.17, 15) is 9.59 Å². The van der Waals surface area contributed by atoms with E-state index < -0.39 is 6.04 Å². The fourth-order valence-corrected chi connectivity index (χ4v) is 3.65. The average Bonchev–Trinajstić information content (AvgIpc) is 3.32. The number of ether oxygens (including phenoxy) is 1. The van der Waals surface area contributed by atoms with Gasteiger partial charge >= 0.3 is 5.97 Å². The topological polar surface area (TPSA) is 86.1 Å². The van der Waals surface area contributed by atoms with Gasteiger partial charge in [0.1, 0.15) is 6.04 Å². The van der Waals surface area contributed by atoms with Crippen LogP contribution in [0, 0.1) is 0 Å². The van der Waals surface area contributed by atoms with Crippen molar-refractivity contribution in [3.8, 4) is 5.69 Å². The summed E-state index contributed by atoms with van der Waals surface area (Å²) >= 11 is 0. The molecule has 2 aromatic rings. The Labute approximate surface area is 151 Å². The van der Waals surface area contributed by atoms with Crippen molar-refractivity contribution < 1.29 is 14.3 Å². The fraction of sp³-hybridized carbons (Fsp3) is 0.474. The minimum atomic E-state index is -0.560. The van der Waals surface area contributed by atoms with E-state index in [1.165, 1.54) is 32.1 Å². The Morgan fingerprint density at radius 2 is 2.04 bits per heavy atom. The Kier molecular flexibility index (Phi) is 4.69. The smallest absolute Gasteiger partial charge is 0.328 e. The second kappa shape index (κ2) is 7.27. The van der Waals surface area contributed by atoms with E-state index in [0.717, 1.165) is 11.4 Å². The molecular formula is C19H22N4O3. The minimum absolute atomic E-state index is 0.289. The Balaban J connectivity index is 1.49. The lowest BCUT2D eigenvalue weighted by Gasteiger charge is -2.18. The van der Waals surface area contributed by atoms with Gasteiger partial charge < -0.3 is 10.1 Å². The van der Waals surface area contributed by atoms with Crippen LogP contribution in [0.2, 0.25) is 0 Å². The highest BCUT2D eigenvalue weighted by atomic mass is 16.5. The molecule has 0 unspecified atom stereocenters. The zero-order valence-corrected chi connectivity index (χ0v) is 14.6. The van der Waals surface area contributed by atoms with Gasteiger partial charge in [0.15, 0.2) is 0 Å². The predicted octanol–water partition coefficient (Wildman–Crippen LogP) is 2.36. The summed E-state index contributed by atoms with van der Waals surface area (Å²) in [5, 5.41) is 11.3. The molecule has 1 saturated carbocycles. The van der Waals surface area contributed by atoms with Crippen molar-refractivity contribution in [3.05, 3.63) is 41.7 Å². The van der Waals surface area contributed by atoms with Crippen LogP contribution in [0.15, 0.2) is 30.5 Å². The first kappa shape index (κ1) is 16.8. The maximum absolute atomic E-state index is 12.4. The molecule has 1 atom stereocenters. The second-order valence-corrected chi connectivity index (χ2v) is 6.96. The predicted molar refractivity (Wildman–Crippen MR) is 94.0 cm³/mol. The lowest BCUT2D eigenvalue weighted by atomic mass is 9.87. The summed E-state index contributed by atoms with van der Waals surface area (Å²) < 4.78 is 6.59. The summed E-state index contributed by atoms with van der Waals surface area (Å²) in [6, 6.07) is 6.61. The number of hydrogen-bond acceptors (Lipinski definition) is 5. The van der Waals surface area contributed by atoms with Gasteiger partial charge in [-0.1, -0.05) is 30.5 Å². The Bertz CT molecular complexity index is 811. The van der Waals surface area contributed by atoms with E-state index in [1.54, 1.807) is 22.9 Å². The number of cyclic esters (lactones) is 1. The van der Waals surface area contributed by atoms with E-state index in [-0.39, 0.29) is 11.9 Å². The number of rotatable bonds is 4. The van der Waals surface area contributed by atoms with E-state index in [0.29, 0.717) is 24.5 Å². The first-order chi connectivity index (χ1) is 12.7. The molecule has 4 rings (SSSR count). The summed E-state index contributed by atoms with van der Waals surface area (Å²) in [6.07, 6.45) is 8.60. The number of benzene rings is 1. The summed E-state index contributed by atoms with van der Waals surface area (Å²) in [5.41, 5.74) is 2.28. The SMILES string of the molecule is O=C(N[C@H]1CCOC1=O)c1cccc(-n2cc(C3CCCCC3)nn2)c1. The van der Waals surface area contributed by atoms with Crippen molar-refractivity contribution in [2.24, 2.45) is 0 Å². The normalized spacial score (nSPS) is 20.8. The number of nitrogens with zero attached hydrogens (tertiary/aromatic N) is 3. The highest BCUT2D eigenvalue weighted by Crippen LogP contribution is 2.31. The summed E-state index contributed by atoms with van der Waals surface area (Å²) in [5.74, 6) is -0.177. The first-order valence-corrected chi connectivity index (χ1v) is 9.21. The Morgan fingerprint density at radius 1 is 1.19 bits per heavy atom. The summed E-state index contributed by atoms with van der Waals surface area (Å²) in [6.45, 7) is 0.354. The van der Waals surface area contributed by atoms with Crippen LogP contribution in [0.1, 0.15) is 60.5 Å². The lowest BCUT2D eigenvalue weighted by molar-refractivity contribution is -0.139. The zero-order valence-electron chi connectivity index (χ0n) is 14.6. The van der Waals surface area contributed by atoms with Gasteiger partial charge in [0.05, 0.1) is 24.2 Å². The van der Waals surface area contributed by atoms with Crippen LogP contribution in [0.25, 0.3) is 5.69 Å². The van der Waals surface area contributed by atoms with Gasteiger partial charge in [-0.2, -0.15) is 0 Å². The molecule has 2 heterocycles. The number of amides is 1. The van der Waals surface area contributed by atoms with Crippen LogP contribution in [-0.2, 0) is 9.53 Å². The van der Waals surface area contributed by atoms with Crippen molar-refractivity contribution in [2.75, 3.05) is 6.61 Å². The van der Waals surface area contributed by atoms with Crippen LogP contribution in [0.4, 0.5) is 0 Å². The molecule has 1 amide bonds. The van der Waals surface area contributed by atoms with Crippen molar-refractivity contribution in [3.63, 3.8) is 0 Å². The first-order valence-electron chi connectivity index (χ1n) is 9.21. The van der Waals surface area contributed by atoms with Crippen LogP contribution in [0.3, 0.4) is 0 Å². The number of carbonyl (C=O) groups is 2. The molecule has 1 N–H and O–H groups in total. The van der Waals surface area contributed by atoms with Crippen LogP contribution < -0.4 is 5.32 Å². The number of hydrogen-bond donors (Lipinski definition) is 1. The zero-order chi connectivity index (χ0) is 17.9. The monoisotopic (exact) mass is 354 g/mol. The molecule has 26 heavy (non-hydrogen) atoms. The van der Waals surface area contributed by atoms with Gasteiger partial charge in [-0.15, -0.1) is 5.10 Å². The third kappa shape index (κ3) is 3.47. The maximum Gasteiger partial charge on any atom is 0.328 e. The summed E-state index contributed by atoms with van der Waals surface area (Å²) in [7, 11) is 0. The molecule has 1 saturated heterocycles. The van der Waals surface area contributed by atoms with E-state index in [1.807, 2.05) is 12.3 Å². The largest absolute Gasteiger partial charge is 0.464 e. The molecule has 0 spiro atoms. The third-order valence-corrected chi connectivity index (χ3v) is 5.15. The molecule has 1 aliphatic heterocycles. The summed E-state index contributed by atoms with van der Waals surface area (Å²) in [4.78, 5) is 23.9. The van der Waals surface area contributed by atoms with Gasteiger partial charge in [-0.05, 0) is 31.0 Å². The number of nitrogens with one attached hydrogen (secondary N) is 1. The molecule has 2 aliphatic rings. The third-order valence-electron chi connectivity index (χ3n) is 5.15. The van der Waals surface area contributed by atoms with Gasteiger partial charge in [-0.25, -0.2) is 9.48 Å². The van der Waals surface area contributed by atoms with E-state index in [4.69, 9.17) is 4.74 Å². The molecule has 1 aliphatic carbocycles. The molecule has 1 aromatic heterocycles. The van der Waals surface area contributed by atoms with Crippen molar-refractivity contribution in [1.29, 1.82) is 0 Å². The van der Waals surface area contributed by atoms with Crippen molar-refractivity contribution in [1.82, 2.24) is 20.3 Å². The molecule has 2 fully saturated rings. The molecule has 0 radical (unpaired) electrons. The average molecular weight is 354 g/mol. The van der Waals surface area contributed by atoms with Crippen LogP contribution in [-0.4, -0.2) is 39.5 Å². The fourth-order valence-electron chi connectivity index (χ4n) is 3.65. The standard InChI is InChI=1S/C19H22N4O3/c24-18(20-16-9-10-26-19(16)25)14-7-4-8-15(11-14)23-12-17(21-22-23)13-5-2-1-3-6-13/h4,7-8,11-13,16H,1-3,5-6,9-10H2,(H,20,24)/t16-/m0/s1. The van der Waals surface area contributed by atoms with Gasteiger partial charge in [-0.3, -0.25) is 4.79 Å². The quantitative estimate of drug-likeness (QED) is 0.852. The number of aromatic nitrogens is 3. The molecule has 7 nitrogen and oxygen atoms in total. The number of esters is 1. The highest BCUT2D eigenvalue weighted by Gasteiger charge is 2.28. The highest BCUT2D eigenvalue weighted by molar-refractivity contribution is 5.97. The van der Waals surface area contributed by atoms with Crippen molar-refractivity contribution in [2.45, 2.75) is 50.5 Å². The van der Waals surface area contributed by atoms with Gasteiger partial charge in [0, 0.05) is 17.9 Å². The lowest BCUT2D eigenvalue weighted by Crippen LogP contribution is -2.37. The van der Waals surface area contributed by atoms with Gasteiger partial charge in [0.2, 0.25) is 0 Å². The van der Waals surface area contributed by atoms with Gasteiger partial charge in [0.25, 0.3) is 5.91 Å². The molecule has 7 heteroatoms. The molecule has 136 valence electrons.